The van der Waals surface area contributed by atoms with Gasteiger partial charge in [0, 0.05) is 13.1 Å². The highest BCUT2D eigenvalue weighted by molar-refractivity contribution is 7.89. The summed E-state index contributed by atoms with van der Waals surface area (Å²) in [6.45, 7) is 7.15. The van der Waals surface area contributed by atoms with Gasteiger partial charge in [-0.2, -0.15) is 4.31 Å². The monoisotopic (exact) mass is 274 g/mol. The molecule has 0 aromatic carbocycles. The second kappa shape index (κ2) is 6.36. The molecule has 1 N–H and O–H groups in total. The van der Waals surface area contributed by atoms with Crippen molar-refractivity contribution in [2.45, 2.75) is 44.9 Å². The van der Waals surface area contributed by atoms with Crippen LogP contribution in [0.3, 0.4) is 0 Å². The summed E-state index contributed by atoms with van der Waals surface area (Å²) in [4.78, 5) is 0. The van der Waals surface area contributed by atoms with Crippen molar-refractivity contribution in [3.05, 3.63) is 17.9 Å². The molecule has 5 nitrogen and oxygen atoms in total. The van der Waals surface area contributed by atoms with Crippen LogP contribution < -0.4 is 5.32 Å². The fourth-order valence-corrected chi connectivity index (χ4v) is 2.69. The van der Waals surface area contributed by atoms with Crippen molar-refractivity contribution in [3.63, 3.8) is 0 Å². The zero-order valence-corrected chi connectivity index (χ0v) is 12.3. The molecule has 0 bridgehead atoms. The van der Waals surface area contributed by atoms with E-state index in [1.807, 2.05) is 13.8 Å². The largest absolute Gasteiger partial charge is 0.447 e. The highest BCUT2D eigenvalue weighted by Gasteiger charge is 2.26. The Kier molecular flexibility index (Phi) is 5.37. The number of nitrogens with one attached hydrogen (secondary N) is 1. The maximum Gasteiger partial charge on any atom is 0.276 e. The first kappa shape index (κ1) is 15.2. The summed E-state index contributed by atoms with van der Waals surface area (Å²) in [5, 5.41) is 3.17. The van der Waals surface area contributed by atoms with Crippen LogP contribution in [0.4, 0.5) is 0 Å². The van der Waals surface area contributed by atoms with E-state index in [1.54, 1.807) is 13.1 Å². The lowest BCUT2D eigenvalue weighted by Crippen LogP contribution is -2.32. The van der Waals surface area contributed by atoms with Gasteiger partial charge in [-0.15, -0.1) is 0 Å². The van der Waals surface area contributed by atoms with Gasteiger partial charge >= 0.3 is 0 Å². The summed E-state index contributed by atoms with van der Waals surface area (Å²) < 4.78 is 30.9. The highest BCUT2D eigenvalue weighted by Crippen LogP contribution is 2.19. The van der Waals surface area contributed by atoms with Crippen molar-refractivity contribution in [2.24, 2.45) is 0 Å². The minimum absolute atomic E-state index is 0.00648. The number of hydrogen-bond donors (Lipinski definition) is 1. The lowest BCUT2D eigenvalue weighted by molar-refractivity contribution is 0.362. The number of sulfonamides is 1. The smallest absolute Gasteiger partial charge is 0.276 e. The number of furan rings is 1. The van der Waals surface area contributed by atoms with E-state index in [4.69, 9.17) is 4.42 Å². The average molecular weight is 274 g/mol. The second-order valence-electron chi connectivity index (χ2n) is 4.51. The van der Waals surface area contributed by atoms with E-state index in [1.165, 1.54) is 10.4 Å². The van der Waals surface area contributed by atoms with Gasteiger partial charge in [0.05, 0.1) is 6.54 Å². The van der Waals surface area contributed by atoms with Gasteiger partial charge in [0.2, 0.25) is 5.09 Å². The molecule has 0 radical (unpaired) electrons. The van der Waals surface area contributed by atoms with Gasteiger partial charge in [0.25, 0.3) is 10.0 Å². The Bertz CT molecular complexity index is 465. The molecule has 104 valence electrons. The molecule has 0 saturated carbocycles. The molecule has 0 aliphatic heterocycles. The minimum Gasteiger partial charge on any atom is -0.447 e. The molecular formula is C12H22N2O3S. The molecule has 0 amide bonds. The fraction of sp³-hybridized carbons (Fsp3) is 0.667. The normalized spacial score (nSPS) is 12.6. The van der Waals surface area contributed by atoms with Crippen LogP contribution in [-0.2, 0) is 16.6 Å². The van der Waals surface area contributed by atoms with Gasteiger partial charge in [0.15, 0.2) is 0 Å². The summed E-state index contributed by atoms with van der Waals surface area (Å²) in [6.07, 6.45) is 1.03. The van der Waals surface area contributed by atoms with Crippen LogP contribution >= 0.6 is 0 Å². The quantitative estimate of drug-likeness (QED) is 0.770. The zero-order chi connectivity index (χ0) is 13.8. The van der Waals surface area contributed by atoms with E-state index >= 15 is 0 Å². The van der Waals surface area contributed by atoms with Gasteiger partial charge in [0.1, 0.15) is 5.76 Å². The summed E-state index contributed by atoms with van der Waals surface area (Å²) >= 11 is 0. The molecule has 0 fully saturated rings. The Hall–Kier alpha value is -0.850. The highest BCUT2D eigenvalue weighted by atomic mass is 32.2. The van der Waals surface area contributed by atoms with E-state index in [-0.39, 0.29) is 11.1 Å². The molecular weight excluding hydrogens is 252 g/mol. The predicted molar refractivity (Wildman–Crippen MR) is 70.8 cm³/mol. The van der Waals surface area contributed by atoms with E-state index in [9.17, 15) is 8.42 Å². The Balaban J connectivity index is 2.79. The molecule has 1 aromatic heterocycles. The molecule has 6 heteroatoms. The van der Waals surface area contributed by atoms with Crippen LogP contribution in [0, 0.1) is 0 Å². The van der Waals surface area contributed by atoms with Crippen LogP contribution in [0.1, 0.15) is 33.0 Å². The Labute approximate surface area is 109 Å². The Morgan fingerprint density at radius 3 is 2.61 bits per heavy atom. The number of nitrogens with zero attached hydrogens (tertiary/aromatic N) is 1. The molecule has 18 heavy (non-hydrogen) atoms. The number of rotatable bonds is 7. The lowest BCUT2D eigenvalue weighted by Gasteiger charge is -2.19. The average Bonchev–Trinajstić information content (AvgIpc) is 2.77. The number of hydrogen-bond acceptors (Lipinski definition) is 4. The van der Waals surface area contributed by atoms with Crippen LogP contribution in [0.5, 0.6) is 0 Å². The molecule has 0 atom stereocenters. The topological polar surface area (TPSA) is 62.6 Å². The zero-order valence-electron chi connectivity index (χ0n) is 11.4. The standard InChI is InChI=1S/C12H22N2O3S/c1-5-8-13-9-11-6-7-12(17-11)18(15,16)14(4)10(2)3/h6-7,10,13H,5,8-9H2,1-4H3. The van der Waals surface area contributed by atoms with Crippen LogP contribution in [0.15, 0.2) is 21.6 Å². The summed E-state index contributed by atoms with van der Waals surface area (Å²) in [7, 11) is -1.96. The van der Waals surface area contributed by atoms with Crippen molar-refractivity contribution >= 4 is 10.0 Å². The van der Waals surface area contributed by atoms with E-state index in [0.29, 0.717) is 12.3 Å². The Morgan fingerprint density at radius 2 is 2.06 bits per heavy atom. The van der Waals surface area contributed by atoms with Crippen molar-refractivity contribution in [1.29, 1.82) is 0 Å². The van der Waals surface area contributed by atoms with Gasteiger partial charge in [-0.3, -0.25) is 0 Å². The van der Waals surface area contributed by atoms with Gasteiger partial charge in [-0.1, -0.05) is 6.92 Å². The summed E-state index contributed by atoms with van der Waals surface area (Å²) in [5.41, 5.74) is 0. The molecule has 1 rings (SSSR count). The molecule has 0 aliphatic rings. The second-order valence-corrected chi connectivity index (χ2v) is 6.44. The predicted octanol–water partition coefficient (Wildman–Crippen LogP) is 1.81. The van der Waals surface area contributed by atoms with E-state index in [2.05, 4.69) is 12.2 Å². The van der Waals surface area contributed by atoms with Crippen LogP contribution in [-0.4, -0.2) is 32.4 Å². The summed E-state index contributed by atoms with van der Waals surface area (Å²) in [6, 6.07) is 3.11. The van der Waals surface area contributed by atoms with Crippen LogP contribution in [0.2, 0.25) is 0 Å². The van der Waals surface area contributed by atoms with Crippen molar-refractivity contribution in [2.75, 3.05) is 13.6 Å². The Morgan fingerprint density at radius 1 is 1.39 bits per heavy atom. The lowest BCUT2D eigenvalue weighted by atomic mass is 10.4. The maximum atomic E-state index is 12.1. The minimum atomic E-state index is -3.51. The molecule has 0 aliphatic carbocycles. The van der Waals surface area contributed by atoms with E-state index < -0.39 is 10.0 Å². The first-order valence-corrected chi connectivity index (χ1v) is 7.61. The third kappa shape index (κ3) is 3.57. The molecule has 0 spiro atoms. The molecule has 1 aromatic rings. The van der Waals surface area contributed by atoms with Crippen molar-refractivity contribution < 1.29 is 12.8 Å². The van der Waals surface area contributed by atoms with Gasteiger partial charge < -0.3 is 9.73 Å². The van der Waals surface area contributed by atoms with Crippen molar-refractivity contribution in [1.82, 2.24) is 9.62 Å². The maximum absolute atomic E-state index is 12.1. The third-order valence-corrected chi connectivity index (χ3v) is 4.63. The third-order valence-electron chi connectivity index (χ3n) is 2.72. The first-order valence-electron chi connectivity index (χ1n) is 6.17. The van der Waals surface area contributed by atoms with Crippen molar-refractivity contribution in [3.8, 4) is 0 Å². The van der Waals surface area contributed by atoms with Gasteiger partial charge in [-0.25, -0.2) is 8.42 Å². The van der Waals surface area contributed by atoms with Gasteiger partial charge in [-0.05, 0) is 38.9 Å². The molecule has 1 heterocycles. The molecule has 0 unspecified atom stereocenters. The summed E-state index contributed by atoms with van der Waals surface area (Å²) in [5.74, 6) is 0.638. The van der Waals surface area contributed by atoms with E-state index in [0.717, 1.165) is 13.0 Å². The first-order chi connectivity index (χ1) is 8.39. The van der Waals surface area contributed by atoms with Crippen LogP contribution in [0.25, 0.3) is 0 Å². The fourth-order valence-electron chi connectivity index (χ4n) is 1.40. The SMILES string of the molecule is CCCNCc1ccc(S(=O)(=O)N(C)C(C)C)o1. The molecule has 0 saturated heterocycles.